The summed E-state index contributed by atoms with van der Waals surface area (Å²) >= 11 is 0. The minimum absolute atomic E-state index is 0.144. The summed E-state index contributed by atoms with van der Waals surface area (Å²) in [5.41, 5.74) is 0.465. The normalized spacial score (nSPS) is 10.3. The predicted molar refractivity (Wildman–Crippen MR) is 56.1 cm³/mol. The first-order chi connectivity index (χ1) is 7.97. The molecule has 0 saturated carbocycles. The summed E-state index contributed by atoms with van der Waals surface area (Å²) in [5, 5.41) is 18.3. The molecule has 0 aliphatic heterocycles. The molecule has 8 heteroatoms. The van der Waals surface area contributed by atoms with Gasteiger partial charge in [0.1, 0.15) is 12.2 Å². The van der Waals surface area contributed by atoms with E-state index in [1.165, 1.54) is 10.9 Å². The van der Waals surface area contributed by atoms with Crippen molar-refractivity contribution in [3.05, 3.63) is 11.9 Å². The fourth-order valence-corrected chi connectivity index (χ4v) is 1.05. The van der Waals surface area contributed by atoms with Crippen LogP contribution in [0.5, 0.6) is 0 Å². The van der Waals surface area contributed by atoms with Gasteiger partial charge in [0.25, 0.3) is 0 Å². The molecule has 2 N–H and O–H groups in total. The number of rotatable bonds is 5. The van der Waals surface area contributed by atoms with Gasteiger partial charge in [-0.2, -0.15) is 0 Å². The lowest BCUT2D eigenvalue weighted by molar-refractivity contribution is -0.137. The molecule has 0 bridgehead atoms. The van der Waals surface area contributed by atoms with Gasteiger partial charge in [0.2, 0.25) is 0 Å². The van der Waals surface area contributed by atoms with Gasteiger partial charge in [0, 0.05) is 0 Å². The van der Waals surface area contributed by atoms with E-state index >= 15 is 0 Å². The molecule has 8 nitrogen and oxygen atoms in total. The van der Waals surface area contributed by atoms with Crippen molar-refractivity contribution in [1.82, 2.24) is 20.3 Å². The summed E-state index contributed by atoms with van der Waals surface area (Å²) in [5.74, 6) is -1.01. The summed E-state index contributed by atoms with van der Waals surface area (Å²) < 4.78 is 6.02. The molecule has 1 amide bonds. The standard InChI is InChI=1S/C9H14N4O4/c1-6(2)17-9(16)10-3-7-4-13(12-11-7)5-8(14)15/h4,6H,3,5H2,1-2H3,(H,10,16)(H,14,15). The van der Waals surface area contributed by atoms with Crippen molar-refractivity contribution in [3.63, 3.8) is 0 Å². The Bertz CT molecular complexity index is 401. The first-order valence-corrected chi connectivity index (χ1v) is 5.02. The lowest BCUT2D eigenvalue weighted by Crippen LogP contribution is -2.26. The van der Waals surface area contributed by atoms with E-state index in [1.807, 2.05) is 0 Å². The van der Waals surface area contributed by atoms with Crippen molar-refractivity contribution >= 4 is 12.1 Å². The van der Waals surface area contributed by atoms with E-state index in [2.05, 4.69) is 15.6 Å². The zero-order chi connectivity index (χ0) is 12.8. The second-order valence-electron chi connectivity index (χ2n) is 3.61. The second kappa shape index (κ2) is 5.83. The van der Waals surface area contributed by atoms with E-state index in [0.29, 0.717) is 5.69 Å². The van der Waals surface area contributed by atoms with Gasteiger partial charge in [-0.15, -0.1) is 5.10 Å². The van der Waals surface area contributed by atoms with Gasteiger partial charge < -0.3 is 15.2 Å². The number of aromatic nitrogens is 3. The van der Waals surface area contributed by atoms with E-state index in [-0.39, 0.29) is 19.2 Å². The number of ether oxygens (including phenoxy) is 1. The highest BCUT2D eigenvalue weighted by Gasteiger charge is 2.07. The maximum atomic E-state index is 11.1. The molecular weight excluding hydrogens is 228 g/mol. The van der Waals surface area contributed by atoms with Gasteiger partial charge in [-0.1, -0.05) is 5.21 Å². The maximum absolute atomic E-state index is 11.1. The first kappa shape index (κ1) is 12.9. The highest BCUT2D eigenvalue weighted by Crippen LogP contribution is 1.94. The van der Waals surface area contributed by atoms with Gasteiger partial charge in [-0.3, -0.25) is 4.79 Å². The number of carbonyl (C=O) groups excluding carboxylic acids is 1. The van der Waals surface area contributed by atoms with Crippen molar-refractivity contribution in [1.29, 1.82) is 0 Å². The van der Waals surface area contributed by atoms with Crippen LogP contribution in [0, 0.1) is 0 Å². The quantitative estimate of drug-likeness (QED) is 0.752. The van der Waals surface area contributed by atoms with Crippen molar-refractivity contribution in [3.8, 4) is 0 Å². The molecule has 94 valence electrons. The number of nitrogens with one attached hydrogen (secondary N) is 1. The van der Waals surface area contributed by atoms with Crippen molar-refractivity contribution in [2.75, 3.05) is 0 Å². The molecule has 1 heterocycles. The molecule has 1 aromatic heterocycles. The van der Waals surface area contributed by atoms with Crippen LogP contribution in [0.2, 0.25) is 0 Å². The van der Waals surface area contributed by atoms with Crippen LogP contribution in [0.15, 0.2) is 6.20 Å². The Balaban J connectivity index is 2.39. The second-order valence-corrected chi connectivity index (χ2v) is 3.61. The van der Waals surface area contributed by atoms with Crippen LogP contribution in [0.1, 0.15) is 19.5 Å². The molecule has 0 aliphatic rings. The predicted octanol–water partition coefficient (Wildman–Crippen LogP) is -0.00270. The van der Waals surface area contributed by atoms with Crippen LogP contribution >= 0.6 is 0 Å². The minimum atomic E-state index is -1.01. The number of carbonyl (C=O) groups is 2. The Labute approximate surface area is 97.6 Å². The lowest BCUT2D eigenvalue weighted by atomic mass is 10.4. The Kier molecular flexibility index (Phi) is 4.44. The molecule has 1 rings (SSSR count). The largest absolute Gasteiger partial charge is 0.480 e. The summed E-state index contributed by atoms with van der Waals surface area (Å²) in [7, 11) is 0. The average Bonchev–Trinajstić information content (AvgIpc) is 2.60. The number of aliphatic carboxylic acids is 1. The highest BCUT2D eigenvalue weighted by atomic mass is 16.6. The van der Waals surface area contributed by atoms with E-state index in [4.69, 9.17) is 9.84 Å². The lowest BCUT2D eigenvalue weighted by Gasteiger charge is -2.07. The molecule has 0 unspecified atom stereocenters. The third kappa shape index (κ3) is 4.96. The van der Waals surface area contributed by atoms with Crippen LogP contribution in [-0.2, 0) is 22.6 Å². The smallest absolute Gasteiger partial charge is 0.407 e. The molecular formula is C9H14N4O4. The monoisotopic (exact) mass is 242 g/mol. The summed E-state index contributed by atoms with van der Waals surface area (Å²) in [6.45, 7) is 3.36. The van der Waals surface area contributed by atoms with Crippen LogP contribution < -0.4 is 5.32 Å². The molecule has 0 aromatic carbocycles. The Morgan fingerprint density at radius 1 is 1.59 bits per heavy atom. The summed E-state index contributed by atoms with van der Waals surface area (Å²) in [6.07, 6.45) is 0.703. The maximum Gasteiger partial charge on any atom is 0.407 e. The number of carboxylic acid groups (broad SMARTS) is 1. The van der Waals surface area contributed by atoms with Gasteiger partial charge in [0.05, 0.1) is 18.8 Å². The number of amides is 1. The molecule has 0 saturated heterocycles. The molecule has 0 atom stereocenters. The topological polar surface area (TPSA) is 106 Å². The SMILES string of the molecule is CC(C)OC(=O)NCc1cn(CC(=O)O)nn1. The molecule has 0 radical (unpaired) electrons. The Morgan fingerprint density at radius 2 is 2.29 bits per heavy atom. The zero-order valence-corrected chi connectivity index (χ0v) is 9.58. The highest BCUT2D eigenvalue weighted by molar-refractivity contribution is 5.67. The number of alkyl carbamates (subject to hydrolysis) is 1. The number of carboxylic acids is 1. The van der Waals surface area contributed by atoms with Gasteiger partial charge in [-0.25, -0.2) is 9.48 Å². The Morgan fingerprint density at radius 3 is 2.88 bits per heavy atom. The summed E-state index contributed by atoms with van der Waals surface area (Å²) in [4.78, 5) is 21.5. The first-order valence-electron chi connectivity index (χ1n) is 5.02. The number of hydrogen-bond donors (Lipinski definition) is 2. The van der Waals surface area contributed by atoms with E-state index in [1.54, 1.807) is 13.8 Å². The fraction of sp³-hybridized carbons (Fsp3) is 0.556. The minimum Gasteiger partial charge on any atom is -0.480 e. The van der Waals surface area contributed by atoms with E-state index < -0.39 is 12.1 Å². The molecule has 0 fully saturated rings. The van der Waals surface area contributed by atoms with E-state index in [9.17, 15) is 9.59 Å². The van der Waals surface area contributed by atoms with Crippen LogP contribution in [0.4, 0.5) is 4.79 Å². The van der Waals surface area contributed by atoms with Crippen LogP contribution in [0.3, 0.4) is 0 Å². The Hall–Kier alpha value is -2.12. The molecule has 0 spiro atoms. The number of nitrogens with zero attached hydrogens (tertiary/aromatic N) is 3. The van der Waals surface area contributed by atoms with Gasteiger partial charge in [-0.05, 0) is 13.8 Å². The number of hydrogen-bond acceptors (Lipinski definition) is 5. The van der Waals surface area contributed by atoms with E-state index in [0.717, 1.165) is 0 Å². The summed E-state index contributed by atoms with van der Waals surface area (Å²) in [6, 6.07) is 0. The molecule has 17 heavy (non-hydrogen) atoms. The zero-order valence-electron chi connectivity index (χ0n) is 9.58. The molecule has 0 aliphatic carbocycles. The van der Waals surface area contributed by atoms with Crippen molar-refractivity contribution in [2.24, 2.45) is 0 Å². The van der Waals surface area contributed by atoms with Crippen LogP contribution in [-0.4, -0.2) is 38.3 Å². The van der Waals surface area contributed by atoms with Gasteiger partial charge in [0.15, 0.2) is 0 Å². The fourth-order valence-electron chi connectivity index (χ4n) is 1.05. The third-order valence-corrected chi connectivity index (χ3v) is 1.64. The van der Waals surface area contributed by atoms with Crippen molar-refractivity contribution < 1.29 is 19.4 Å². The van der Waals surface area contributed by atoms with Crippen LogP contribution in [0.25, 0.3) is 0 Å². The average molecular weight is 242 g/mol. The van der Waals surface area contributed by atoms with Crippen molar-refractivity contribution in [2.45, 2.75) is 33.0 Å². The van der Waals surface area contributed by atoms with Gasteiger partial charge >= 0.3 is 12.1 Å². The molecule has 1 aromatic rings. The third-order valence-electron chi connectivity index (χ3n) is 1.64.